The van der Waals surface area contributed by atoms with Gasteiger partial charge in [-0.25, -0.2) is 0 Å². The van der Waals surface area contributed by atoms with E-state index < -0.39 is 0 Å². The summed E-state index contributed by atoms with van der Waals surface area (Å²) in [6.07, 6.45) is 11.7. The van der Waals surface area contributed by atoms with E-state index in [1.807, 2.05) is 0 Å². The minimum Gasteiger partial charge on any atom is -0.314 e. The Hall–Kier alpha value is -0.0800. The first-order valence-corrected chi connectivity index (χ1v) is 8.30. The van der Waals surface area contributed by atoms with E-state index in [9.17, 15) is 0 Å². The molecule has 3 rings (SSSR count). The maximum absolute atomic E-state index is 3.66. The van der Waals surface area contributed by atoms with Crippen LogP contribution in [-0.4, -0.2) is 36.6 Å². The Morgan fingerprint density at radius 2 is 1.83 bits per heavy atom. The molecular formula is C16H30N2. The predicted molar refractivity (Wildman–Crippen MR) is 76.7 cm³/mol. The second kappa shape index (κ2) is 5.92. The van der Waals surface area contributed by atoms with Gasteiger partial charge in [-0.15, -0.1) is 0 Å². The van der Waals surface area contributed by atoms with Gasteiger partial charge in [-0.05, 0) is 64.0 Å². The lowest BCUT2D eigenvalue weighted by Gasteiger charge is -2.43. The number of likely N-dealkylation sites (tertiary alicyclic amines) is 1. The highest BCUT2D eigenvalue weighted by Gasteiger charge is 2.32. The largest absolute Gasteiger partial charge is 0.314 e. The van der Waals surface area contributed by atoms with Crippen LogP contribution < -0.4 is 5.32 Å². The molecule has 18 heavy (non-hydrogen) atoms. The molecule has 2 aliphatic carbocycles. The number of piperidine rings is 1. The minimum absolute atomic E-state index is 0.791. The first-order valence-electron chi connectivity index (χ1n) is 8.30. The molecule has 1 aliphatic heterocycles. The number of hydrogen-bond acceptors (Lipinski definition) is 2. The second-order valence-electron chi connectivity index (χ2n) is 6.95. The van der Waals surface area contributed by atoms with E-state index in [-0.39, 0.29) is 0 Å². The fourth-order valence-electron chi connectivity index (χ4n) is 4.00. The quantitative estimate of drug-likeness (QED) is 0.807. The average molecular weight is 250 g/mol. The zero-order valence-electron chi connectivity index (χ0n) is 12.0. The van der Waals surface area contributed by atoms with Gasteiger partial charge in [0.1, 0.15) is 0 Å². The van der Waals surface area contributed by atoms with Crippen LogP contribution in [0.15, 0.2) is 0 Å². The van der Waals surface area contributed by atoms with Gasteiger partial charge in [0.2, 0.25) is 0 Å². The van der Waals surface area contributed by atoms with Crippen LogP contribution in [0.25, 0.3) is 0 Å². The first-order chi connectivity index (χ1) is 8.83. The molecule has 0 aromatic rings. The highest BCUT2D eigenvalue weighted by molar-refractivity contribution is 4.86. The molecule has 3 fully saturated rings. The van der Waals surface area contributed by atoms with Crippen LogP contribution in [0.4, 0.5) is 0 Å². The summed E-state index contributed by atoms with van der Waals surface area (Å²) in [6, 6.07) is 1.67. The summed E-state index contributed by atoms with van der Waals surface area (Å²) in [7, 11) is 0. The van der Waals surface area contributed by atoms with Crippen molar-refractivity contribution in [3.05, 3.63) is 0 Å². The van der Waals surface area contributed by atoms with E-state index in [1.165, 1.54) is 71.0 Å². The van der Waals surface area contributed by atoms with Crippen LogP contribution in [0.1, 0.15) is 58.3 Å². The normalized spacial score (nSPS) is 35.2. The summed E-state index contributed by atoms with van der Waals surface area (Å²) in [6.45, 7) is 6.44. The van der Waals surface area contributed by atoms with E-state index in [4.69, 9.17) is 0 Å². The molecule has 0 aromatic carbocycles. The monoisotopic (exact) mass is 250 g/mol. The number of fused-ring (bicyclic) bond motifs is 1. The fraction of sp³-hybridized carbons (Fsp3) is 1.00. The zero-order valence-corrected chi connectivity index (χ0v) is 12.0. The molecule has 3 unspecified atom stereocenters. The van der Waals surface area contributed by atoms with Gasteiger partial charge in [0.15, 0.2) is 0 Å². The maximum Gasteiger partial charge on any atom is 0.00791 e. The summed E-state index contributed by atoms with van der Waals surface area (Å²) in [4.78, 5) is 2.78. The summed E-state index contributed by atoms with van der Waals surface area (Å²) in [5.41, 5.74) is 0. The molecule has 2 saturated carbocycles. The molecule has 1 N–H and O–H groups in total. The minimum atomic E-state index is 0.791. The molecule has 2 nitrogen and oxygen atoms in total. The Morgan fingerprint density at radius 3 is 2.61 bits per heavy atom. The van der Waals surface area contributed by atoms with Crippen LogP contribution in [-0.2, 0) is 0 Å². The third kappa shape index (κ3) is 3.27. The number of rotatable bonds is 5. The summed E-state index contributed by atoms with van der Waals surface area (Å²) in [5.74, 6) is 2.11. The SMILES string of the molecule is CC(CCNC1CC1)N1CCC2CCCCC2C1. The van der Waals surface area contributed by atoms with Gasteiger partial charge in [-0.3, -0.25) is 0 Å². The molecule has 0 aromatic heterocycles. The highest BCUT2D eigenvalue weighted by Crippen LogP contribution is 2.36. The van der Waals surface area contributed by atoms with E-state index in [0.29, 0.717) is 0 Å². The molecule has 0 spiro atoms. The van der Waals surface area contributed by atoms with Crippen molar-refractivity contribution in [2.24, 2.45) is 11.8 Å². The second-order valence-corrected chi connectivity index (χ2v) is 6.95. The van der Waals surface area contributed by atoms with E-state index >= 15 is 0 Å². The first kappa shape index (κ1) is 12.9. The van der Waals surface area contributed by atoms with Gasteiger partial charge in [0.25, 0.3) is 0 Å². The number of hydrogen-bond donors (Lipinski definition) is 1. The average Bonchev–Trinajstić information content (AvgIpc) is 3.22. The molecule has 3 atom stereocenters. The van der Waals surface area contributed by atoms with Crippen molar-refractivity contribution in [1.82, 2.24) is 10.2 Å². The van der Waals surface area contributed by atoms with Crippen LogP contribution in [0.3, 0.4) is 0 Å². The Morgan fingerprint density at radius 1 is 1.06 bits per heavy atom. The Labute approximate surface area is 113 Å². The van der Waals surface area contributed by atoms with Crippen molar-refractivity contribution in [3.8, 4) is 0 Å². The molecule has 3 aliphatic rings. The number of nitrogens with zero attached hydrogens (tertiary/aromatic N) is 1. The Bertz CT molecular complexity index is 262. The van der Waals surface area contributed by atoms with Crippen LogP contribution in [0.5, 0.6) is 0 Å². The predicted octanol–water partition coefficient (Wildman–Crippen LogP) is 3.03. The van der Waals surface area contributed by atoms with Gasteiger partial charge in [-0.2, -0.15) is 0 Å². The van der Waals surface area contributed by atoms with Gasteiger partial charge >= 0.3 is 0 Å². The van der Waals surface area contributed by atoms with Crippen LogP contribution in [0, 0.1) is 11.8 Å². The van der Waals surface area contributed by atoms with Crippen molar-refractivity contribution in [2.45, 2.75) is 70.4 Å². The third-order valence-electron chi connectivity index (χ3n) is 5.52. The topological polar surface area (TPSA) is 15.3 Å². The summed E-state index contributed by atoms with van der Waals surface area (Å²) < 4.78 is 0. The lowest BCUT2D eigenvalue weighted by atomic mass is 9.75. The van der Waals surface area contributed by atoms with Gasteiger partial charge in [0, 0.05) is 18.6 Å². The smallest absolute Gasteiger partial charge is 0.00791 e. The molecule has 0 radical (unpaired) electrons. The Kier molecular flexibility index (Phi) is 4.25. The molecule has 0 amide bonds. The standard InChI is InChI=1S/C16H30N2/c1-13(8-10-17-16-6-7-16)18-11-9-14-4-2-3-5-15(14)12-18/h13-17H,2-12H2,1H3. The van der Waals surface area contributed by atoms with E-state index in [2.05, 4.69) is 17.1 Å². The Balaban J connectivity index is 1.40. The molecule has 104 valence electrons. The molecular weight excluding hydrogens is 220 g/mol. The summed E-state index contributed by atoms with van der Waals surface area (Å²) in [5, 5.41) is 3.66. The van der Waals surface area contributed by atoms with Crippen molar-refractivity contribution in [3.63, 3.8) is 0 Å². The molecule has 1 heterocycles. The molecule has 0 bridgehead atoms. The van der Waals surface area contributed by atoms with Crippen molar-refractivity contribution < 1.29 is 0 Å². The maximum atomic E-state index is 3.66. The third-order valence-corrected chi connectivity index (χ3v) is 5.52. The molecule has 1 saturated heterocycles. The lowest BCUT2D eigenvalue weighted by Crippen LogP contribution is -2.46. The fourth-order valence-corrected chi connectivity index (χ4v) is 4.00. The van der Waals surface area contributed by atoms with Crippen molar-refractivity contribution in [1.29, 1.82) is 0 Å². The van der Waals surface area contributed by atoms with E-state index in [0.717, 1.165) is 23.9 Å². The van der Waals surface area contributed by atoms with Gasteiger partial charge in [0.05, 0.1) is 0 Å². The highest BCUT2D eigenvalue weighted by atomic mass is 15.2. The van der Waals surface area contributed by atoms with E-state index in [1.54, 1.807) is 0 Å². The summed E-state index contributed by atoms with van der Waals surface area (Å²) >= 11 is 0. The molecule has 2 heteroatoms. The van der Waals surface area contributed by atoms with Crippen molar-refractivity contribution >= 4 is 0 Å². The van der Waals surface area contributed by atoms with Crippen molar-refractivity contribution in [2.75, 3.05) is 19.6 Å². The van der Waals surface area contributed by atoms with Gasteiger partial charge < -0.3 is 10.2 Å². The lowest BCUT2D eigenvalue weighted by molar-refractivity contribution is 0.0594. The zero-order chi connectivity index (χ0) is 12.4. The number of nitrogens with one attached hydrogen (secondary N) is 1. The van der Waals surface area contributed by atoms with Crippen LogP contribution in [0.2, 0.25) is 0 Å². The van der Waals surface area contributed by atoms with Gasteiger partial charge in [-0.1, -0.05) is 19.3 Å². The van der Waals surface area contributed by atoms with Crippen LogP contribution >= 0.6 is 0 Å².